The van der Waals surface area contributed by atoms with E-state index in [0.717, 1.165) is 39.6 Å². The Labute approximate surface area is 401 Å². The summed E-state index contributed by atoms with van der Waals surface area (Å²) in [6, 6.07) is 99.2. The molecule has 13 aromatic rings. The molecule has 0 radical (unpaired) electrons. The second kappa shape index (κ2) is 16.9. The van der Waals surface area contributed by atoms with Gasteiger partial charge in [-0.3, -0.25) is 0 Å². The standard InChI is InChI=1S/C66H45N3/c1-3-20-47(21-4-1)53-26-7-8-27-54(53)55-28-9-10-29-56(55)57-30-11-15-34-62(57)67(51-24-19-25-52(45-51)69-63-35-16-12-31-58(63)59-32-13-17-36-64(59)69)50-41-38-46(39-42-50)48-40-43-66-61(44-48)60-33-14-18-37-65(60)68(66)49-22-5-2-6-23-49/h1-45H. The van der Waals surface area contributed by atoms with E-state index in [2.05, 4.69) is 287 Å². The SMILES string of the molecule is c1ccc(-c2ccccc2-c2ccccc2-c2ccccc2N(c2ccc(-c3ccc4c(c3)c3ccccc3n4-c3ccccc3)cc2)c2cccc(-n3c4ccccc4c4ccccc43)c2)cc1. The number of rotatable bonds is 9. The molecule has 0 aliphatic carbocycles. The van der Waals surface area contributed by atoms with Crippen LogP contribution in [0.4, 0.5) is 17.1 Å². The summed E-state index contributed by atoms with van der Waals surface area (Å²) in [6.45, 7) is 0. The van der Waals surface area contributed by atoms with Gasteiger partial charge in [0.1, 0.15) is 0 Å². The fraction of sp³-hybridized carbons (Fsp3) is 0. The molecule has 0 saturated heterocycles. The minimum atomic E-state index is 1.06. The normalized spacial score (nSPS) is 11.5. The van der Waals surface area contributed by atoms with Gasteiger partial charge in [0.05, 0.1) is 27.8 Å². The number of hydrogen-bond donors (Lipinski definition) is 0. The molecular formula is C66H45N3. The van der Waals surface area contributed by atoms with E-state index in [1.165, 1.54) is 77.0 Å². The van der Waals surface area contributed by atoms with Crippen molar-refractivity contribution >= 4 is 60.7 Å². The Morgan fingerprint density at radius 2 is 0.681 bits per heavy atom. The van der Waals surface area contributed by atoms with Crippen molar-refractivity contribution in [2.24, 2.45) is 0 Å². The van der Waals surface area contributed by atoms with Crippen LogP contribution < -0.4 is 4.90 Å². The first kappa shape index (κ1) is 40.1. The minimum absolute atomic E-state index is 1.06. The molecule has 2 heterocycles. The Morgan fingerprint density at radius 3 is 1.33 bits per heavy atom. The smallest absolute Gasteiger partial charge is 0.0541 e. The van der Waals surface area contributed by atoms with Crippen LogP contribution in [0.1, 0.15) is 0 Å². The summed E-state index contributed by atoms with van der Waals surface area (Å²) in [4.78, 5) is 2.44. The molecule has 3 heteroatoms. The summed E-state index contributed by atoms with van der Waals surface area (Å²) in [5.41, 5.74) is 19.7. The van der Waals surface area contributed by atoms with Crippen molar-refractivity contribution in [2.75, 3.05) is 4.90 Å². The van der Waals surface area contributed by atoms with E-state index in [1.54, 1.807) is 0 Å². The topological polar surface area (TPSA) is 13.1 Å². The molecule has 11 aromatic carbocycles. The molecule has 0 fully saturated rings. The number of anilines is 3. The van der Waals surface area contributed by atoms with Crippen LogP contribution in [-0.2, 0) is 0 Å². The zero-order valence-electron chi connectivity index (χ0n) is 37.8. The van der Waals surface area contributed by atoms with Crippen LogP contribution in [0.5, 0.6) is 0 Å². The summed E-state index contributed by atoms with van der Waals surface area (Å²) in [5, 5.41) is 4.96. The average Bonchev–Trinajstić information content (AvgIpc) is 3.95. The lowest BCUT2D eigenvalue weighted by molar-refractivity contribution is 1.17. The van der Waals surface area contributed by atoms with E-state index < -0.39 is 0 Å². The molecule has 0 unspecified atom stereocenters. The maximum atomic E-state index is 2.44. The van der Waals surface area contributed by atoms with Gasteiger partial charge < -0.3 is 14.0 Å². The van der Waals surface area contributed by atoms with Gasteiger partial charge in [-0.15, -0.1) is 0 Å². The molecular weight excluding hydrogens is 835 g/mol. The summed E-state index contributed by atoms with van der Waals surface area (Å²) < 4.78 is 4.78. The van der Waals surface area contributed by atoms with Crippen LogP contribution in [0.2, 0.25) is 0 Å². The highest BCUT2D eigenvalue weighted by atomic mass is 15.1. The van der Waals surface area contributed by atoms with E-state index in [1.807, 2.05) is 0 Å². The minimum Gasteiger partial charge on any atom is -0.310 e. The van der Waals surface area contributed by atoms with E-state index >= 15 is 0 Å². The maximum Gasteiger partial charge on any atom is 0.0541 e. The molecule has 0 N–H and O–H groups in total. The van der Waals surface area contributed by atoms with E-state index in [-0.39, 0.29) is 0 Å². The molecule has 0 spiro atoms. The zero-order chi connectivity index (χ0) is 45.7. The first-order valence-corrected chi connectivity index (χ1v) is 23.7. The first-order valence-electron chi connectivity index (χ1n) is 23.7. The third-order valence-corrected chi connectivity index (χ3v) is 13.7. The van der Waals surface area contributed by atoms with Crippen molar-refractivity contribution in [1.29, 1.82) is 0 Å². The molecule has 0 aliphatic rings. The lowest BCUT2D eigenvalue weighted by Crippen LogP contribution is -2.12. The number of hydrogen-bond acceptors (Lipinski definition) is 1. The van der Waals surface area contributed by atoms with Gasteiger partial charge in [0, 0.05) is 49.9 Å². The van der Waals surface area contributed by atoms with Crippen LogP contribution in [-0.4, -0.2) is 9.13 Å². The predicted molar refractivity (Wildman–Crippen MR) is 292 cm³/mol. The summed E-state index contributed by atoms with van der Waals surface area (Å²) in [5.74, 6) is 0. The summed E-state index contributed by atoms with van der Waals surface area (Å²) in [6.07, 6.45) is 0. The molecule has 0 atom stereocenters. The van der Waals surface area contributed by atoms with Crippen molar-refractivity contribution in [3.8, 4) is 55.9 Å². The van der Waals surface area contributed by atoms with Crippen LogP contribution in [0.3, 0.4) is 0 Å². The third-order valence-electron chi connectivity index (χ3n) is 13.7. The van der Waals surface area contributed by atoms with Gasteiger partial charge in [-0.1, -0.05) is 194 Å². The van der Waals surface area contributed by atoms with Crippen molar-refractivity contribution in [3.05, 3.63) is 273 Å². The number of para-hydroxylation sites is 5. The molecule has 0 amide bonds. The Hall–Kier alpha value is -9.18. The van der Waals surface area contributed by atoms with Crippen LogP contribution in [0.15, 0.2) is 273 Å². The average molecular weight is 880 g/mol. The maximum absolute atomic E-state index is 2.44. The molecule has 0 bridgehead atoms. The quantitative estimate of drug-likeness (QED) is 0.141. The second-order valence-corrected chi connectivity index (χ2v) is 17.7. The highest BCUT2D eigenvalue weighted by Gasteiger charge is 2.22. The Balaban J connectivity index is 0.982. The molecule has 3 nitrogen and oxygen atoms in total. The van der Waals surface area contributed by atoms with Gasteiger partial charge in [0.25, 0.3) is 0 Å². The summed E-state index contributed by atoms with van der Waals surface area (Å²) in [7, 11) is 0. The highest BCUT2D eigenvalue weighted by Crippen LogP contribution is 2.46. The fourth-order valence-corrected chi connectivity index (χ4v) is 10.6. The number of benzene rings is 11. The van der Waals surface area contributed by atoms with Gasteiger partial charge >= 0.3 is 0 Å². The predicted octanol–water partition coefficient (Wildman–Crippen LogP) is 18.0. The van der Waals surface area contributed by atoms with Gasteiger partial charge in [0.2, 0.25) is 0 Å². The van der Waals surface area contributed by atoms with E-state index in [4.69, 9.17) is 0 Å². The zero-order valence-corrected chi connectivity index (χ0v) is 37.8. The Bertz CT molecular complexity index is 3960. The lowest BCUT2D eigenvalue weighted by atomic mass is 9.88. The fourth-order valence-electron chi connectivity index (χ4n) is 10.6. The van der Waals surface area contributed by atoms with Crippen molar-refractivity contribution in [1.82, 2.24) is 9.13 Å². The number of fused-ring (bicyclic) bond motifs is 6. The van der Waals surface area contributed by atoms with Gasteiger partial charge in [0.15, 0.2) is 0 Å². The number of aromatic nitrogens is 2. The molecule has 69 heavy (non-hydrogen) atoms. The Kier molecular flexibility index (Phi) is 9.84. The largest absolute Gasteiger partial charge is 0.310 e. The summed E-state index contributed by atoms with van der Waals surface area (Å²) >= 11 is 0. The van der Waals surface area contributed by atoms with Crippen LogP contribution >= 0.6 is 0 Å². The lowest BCUT2D eigenvalue weighted by Gasteiger charge is -2.29. The van der Waals surface area contributed by atoms with Gasteiger partial charge in [-0.05, 0) is 118 Å². The third kappa shape index (κ3) is 6.91. The molecule has 13 rings (SSSR count). The van der Waals surface area contributed by atoms with Crippen molar-refractivity contribution in [2.45, 2.75) is 0 Å². The second-order valence-electron chi connectivity index (χ2n) is 17.7. The molecule has 0 saturated carbocycles. The molecule has 2 aromatic heterocycles. The first-order chi connectivity index (χ1) is 34.3. The van der Waals surface area contributed by atoms with Crippen molar-refractivity contribution in [3.63, 3.8) is 0 Å². The Morgan fingerprint density at radius 1 is 0.232 bits per heavy atom. The monoisotopic (exact) mass is 879 g/mol. The van der Waals surface area contributed by atoms with Crippen molar-refractivity contribution < 1.29 is 0 Å². The molecule has 324 valence electrons. The van der Waals surface area contributed by atoms with E-state index in [0.29, 0.717) is 0 Å². The number of nitrogens with zero attached hydrogens (tertiary/aromatic N) is 3. The van der Waals surface area contributed by atoms with E-state index in [9.17, 15) is 0 Å². The van der Waals surface area contributed by atoms with Crippen LogP contribution in [0, 0.1) is 0 Å². The highest BCUT2D eigenvalue weighted by molar-refractivity contribution is 6.11. The van der Waals surface area contributed by atoms with Crippen LogP contribution in [0.25, 0.3) is 99.5 Å². The van der Waals surface area contributed by atoms with Gasteiger partial charge in [-0.2, -0.15) is 0 Å². The molecule has 0 aliphatic heterocycles. The van der Waals surface area contributed by atoms with Gasteiger partial charge in [-0.25, -0.2) is 0 Å².